The minimum Gasteiger partial charge on any atom is -0.355 e. The molecule has 0 bridgehead atoms. The Hall–Kier alpha value is -2.09. The molecule has 0 atom stereocenters. The van der Waals surface area contributed by atoms with E-state index in [4.69, 9.17) is 0 Å². The first kappa shape index (κ1) is 20.6. The Labute approximate surface area is 171 Å². The minimum absolute atomic E-state index is 0. The number of fused-ring (bicyclic) bond motifs is 1. The second kappa shape index (κ2) is 8.51. The molecule has 1 fully saturated rings. The summed E-state index contributed by atoms with van der Waals surface area (Å²) >= 11 is 0. The van der Waals surface area contributed by atoms with Crippen molar-refractivity contribution in [1.82, 2.24) is 14.3 Å². The maximum atomic E-state index is 13.4. The van der Waals surface area contributed by atoms with Crippen molar-refractivity contribution in [3.8, 4) is 0 Å². The molecule has 2 heterocycles. The summed E-state index contributed by atoms with van der Waals surface area (Å²) in [6.45, 7) is 4.66. The van der Waals surface area contributed by atoms with E-state index < -0.39 is 10.0 Å². The third-order valence-electron chi connectivity index (χ3n) is 5.09. The zero-order valence-electron chi connectivity index (χ0n) is 15.8. The Morgan fingerprint density at radius 1 is 1.11 bits per heavy atom. The average molecular weight is 421 g/mol. The van der Waals surface area contributed by atoms with Gasteiger partial charge in [-0.3, -0.25) is 0 Å². The van der Waals surface area contributed by atoms with E-state index in [-0.39, 0.29) is 17.3 Å². The lowest BCUT2D eigenvalue weighted by Crippen LogP contribution is -2.31. The number of para-hydroxylation sites is 2. The lowest BCUT2D eigenvalue weighted by atomic mass is 9.98. The number of hydrogen-bond acceptors (Lipinski definition) is 5. The van der Waals surface area contributed by atoms with E-state index in [9.17, 15) is 8.42 Å². The van der Waals surface area contributed by atoms with Crippen LogP contribution in [0.4, 0.5) is 5.95 Å². The molecular formula is C20H25ClN4O2S. The van der Waals surface area contributed by atoms with Crippen molar-refractivity contribution in [2.75, 3.05) is 25.0 Å². The first-order valence-electron chi connectivity index (χ1n) is 9.30. The van der Waals surface area contributed by atoms with Gasteiger partial charge in [0, 0.05) is 6.54 Å². The molecule has 1 aliphatic rings. The number of imidazole rings is 1. The summed E-state index contributed by atoms with van der Waals surface area (Å²) in [6, 6.07) is 14.3. The summed E-state index contributed by atoms with van der Waals surface area (Å²) in [5.74, 6) is 0.900. The monoisotopic (exact) mass is 420 g/mol. The second-order valence-corrected chi connectivity index (χ2v) is 8.87. The van der Waals surface area contributed by atoms with Crippen molar-refractivity contribution in [2.45, 2.75) is 24.7 Å². The highest BCUT2D eigenvalue weighted by atomic mass is 35.5. The molecule has 3 aromatic rings. The van der Waals surface area contributed by atoms with Crippen molar-refractivity contribution in [2.24, 2.45) is 5.92 Å². The van der Waals surface area contributed by atoms with Crippen LogP contribution in [0.25, 0.3) is 11.0 Å². The highest BCUT2D eigenvalue weighted by Gasteiger charge is 2.25. The zero-order chi connectivity index (χ0) is 18.9. The molecule has 1 aromatic heterocycles. The summed E-state index contributed by atoms with van der Waals surface area (Å²) in [7, 11) is -3.74. The van der Waals surface area contributed by atoms with Gasteiger partial charge in [-0.05, 0) is 63.0 Å². The minimum atomic E-state index is -3.74. The van der Waals surface area contributed by atoms with Crippen molar-refractivity contribution < 1.29 is 8.42 Å². The van der Waals surface area contributed by atoms with Gasteiger partial charge in [0.25, 0.3) is 10.0 Å². The van der Waals surface area contributed by atoms with E-state index in [2.05, 4.69) is 15.6 Å². The molecule has 0 aliphatic carbocycles. The highest BCUT2D eigenvalue weighted by molar-refractivity contribution is 7.90. The summed E-state index contributed by atoms with van der Waals surface area (Å²) in [5.41, 5.74) is 2.28. The molecule has 28 heavy (non-hydrogen) atoms. The van der Waals surface area contributed by atoms with E-state index in [0.717, 1.165) is 31.5 Å². The van der Waals surface area contributed by atoms with Crippen LogP contribution in [-0.4, -0.2) is 37.0 Å². The number of nitrogens with one attached hydrogen (secondary N) is 2. The smallest absolute Gasteiger partial charge is 0.271 e. The number of halogens is 1. The predicted molar refractivity (Wildman–Crippen MR) is 115 cm³/mol. The summed E-state index contributed by atoms with van der Waals surface area (Å²) < 4.78 is 28.1. The van der Waals surface area contributed by atoms with Crippen LogP contribution in [0.3, 0.4) is 0 Å². The number of nitrogens with zero attached hydrogens (tertiary/aromatic N) is 2. The molecule has 6 nitrogen and oxygen atoms in total. The quantitative estimate of drug-likeness (QED) is 0.661. The third kappa shape index (κ3) is 4.01. The number of piperidine rings is 1. The van der Waals surface area contributed by atoms with Gasteiger partial charge in [0.1, 0.15) is 0 Å². The molecular weight excluding hydrogens is 396 g/mol. The van der Waals surface area contributed by atoms with Gasteiger partial charge in [-0.1, -0.05) is 29.8 Å². The Morgan fingerprint density at radius 3 is 2.50 bits per heavy atom. The maximum Gasteiger partial charge on any atom is 0.271 e. The molecule has 0 spiro atoms. The molecule has 4 rings (SSSR count). The molecule has 8 heteroatoms. The van der Waals surface area contributed by atoms with Crippen LogP contribution in [0.1, 0.15) is 18.4 Å². The van der Waals surface area contributed by atoms with E-state index in [1.165, 1.54) is 3.97 Å². The van der Waals surface area contributed by atoms with E-state index in [1.54, 1.807) is 18.2 Å². The molecule has 0 saturated carbocycles. The molecule has 150 valence electrons. The lowest BCUT2D eigenvalue weighted by Gasteiger charge is -2.23. The van der Waals surface area contributed by atoms with E-state index in [1.807, 2.05) is 37.3 Å². The Balaban J connectivity index is 0.00000225. The fourth-order valence-corrected chi connectivity index (χ4v) is 4.93. The van der Waals surface area contributed by atoms with Crippen molar-refractivity contribution >= 4 is 39.4 Å². The second-order valence-electron chi connectivity index (χ2n) is 7.08. The topological polar surface area (TPSA) is 76.0 Å². The van der Waals surface area contributed by atoms with E-state index in [0.29, 0.717) is 29.4 Å². The summed E-state index contributed by atoms with van der Waals surface area (Å²) in [4.78, 5) is 4.83. The number of aryl methyl sites for hydroxylation is 1. The average Bonchev–Trinajstić information content (AvgIpc) is 3.07. The lowest BCUT2D eigenvalue weighted by molar-refractivity contribution is 0.389. The number of hydrogen-bond donors (Lipinski definition) is 2. The molecule has 1 aliphatic heterocycles. The standard InChI is InChI=1S/C20H24N4O2S.ClH/c1-15-6-8-17(9-7-15)27(25,26)24-19-5-3-2-4-18(19)23-20(24)22-14-16-10-12-21-13-11-16;/h2-9,16,21H,10-14H2,1H3,(H,22,23);1H. The van der Waals surface area contributed by atoms with Crippen LogP contribution in [0.2, 0.25) is 0 Å². The number of rotatable bonds is 5. The van der Waals surface area contributed by atoms with Crippen molar-refractivity contribution in [3.63, 3.8) is 0 Å². The first-order chi connectivity index (χ1) is 13.1. The Kier molecular flexibility index (Phi) is 6.27. The van der Waals surface area contributed by atoms with Crippen LogP contribution in [0.5, 0.6) is 0 Å². The molecule has 0 radical (unpaired) electrons. The predicted octanol–water partition coefficient (Wildman–Crippen LogP) is 3.42. The van der Waals surface area contributed by atoms with E-state index >= 15 is 0 Å². The first-order valence-corrected chi connectivity index (χ1v) is 10.7. The summed E-state index contributed by atoms with van der Waals surface area (Å²) in [5, 5.41) is 6.66. The van der Waals surface area contributed by atoms with Crippen LogP contribution in [0.15, 0.2) is 53.4 Å². The molecule has 1 saturated heterocycles. The van der Waals surface area contributed by atoms with Gasteiger partial charge in [-0.25, -0.2) is 17.4 Å². The maximum absolute atomic E-state index is 13.4. The molecule has 0 unspecified atom stereocenters. The van der Waals surface area contributed by atoms with Gasteiger partial charge in [0.05, 0.1) is 15.9 Å². The molecule has 2 aromatic carbocycles. The molecule has 2 N–H and O–H groups in total. The highest BCUT2D eigenvalue weighted by Crippen LogP contribution is 2.26. The number of aromatic nitrogens is 2. The van der Waals surface area contributed by atoms with Crippen LogP contribution in [0, 0.1) is 12.8 Å². The van der Waals surface area contributed by atoms with Crippen molar-refractivity contribution in [1.29, 1.82) is 0 Å². The number of benzene rings is 2. The van der Waals surface area contributed by atoms with Crippen LogP contribution >= 0.6 is 12.4 Å². The van der Waals surface area contributed by atoms with Gasteiger partial charge in [-0.2, -0.15) is 0 Å². The number of anilines is 1. The third-order valence-corrected chi connectivity index (χ3v) is 6.80. The Bertz CT molecular complexity index is 1040. The Morgan fingerprint density at radius 2 is 1.79 bits per heavy atom. The van der Waals surface area contributed by atoms with Crippen molar-refractivity contribution in [3.05, 3.63) is 54.1 Å². The van der Waals surface area contributed by atoms with Gasteiger partial charge in [-0.15, -0.1) is 12.4 Å². The van der Waals surface area contributed by atoms with Gasteiger partial charge in [0.15, 0.2) is 0 Å². The van der Waals surface area contributed by atoms with Gasteiger partial charge < -0.3 is 10.6 Å². The van der Waals surface area contributed by atoms with Crippen LogP contribution < -0.4 is 10.6 Å². The zero-order valence-corrected chi connectivity index (χ0v) is 17.4. The van der Waals surface area contributed by atoms with Crippen LogP contribution in [-0.2, 0) is 10.0 Å². The fourth-order valence-electron chi connectivity index (χ4n) is 3.50. The van der Waals surface area contributed by atoms with Gasteiger partial charge in [0.2, 0.25) is 5.95 Å². The SMILES string of the molecule is Cc1ccc(S(=O)(=O)n2c(NCC3CCNCC3)nc3ccccc32)cc1.Cl. The normalized spacial score (nSPS) is 15.3. The van der Waals surface area contributed by atoms with Gasteiger partial charge >= 0.3 is 0 Å². The summed E-state index contributed by atoms with van der Waals surface area (Å²) in [6.07, 6.45) is 2.16. The largest absolute Gasteiger partial charge is 0.355 e. The molecule has 0 amide bonds. The fraction of sp³-hybridized carbons (Fsp3) is 0.350.